The number of nitrogens with zero attached hydrogens (tertiary/aromatic N) is 2. The average Bonchev–Trinajstić information content (AvgIpc) is 2.67. The second-order valence-electron chi connectivity index (χ2n) is 5.42. The Morgan fingerprint density at radius 1 is 1.39 bits per heavy atom. The van der Waals surface area contributed by atoms with Crippen LogP contribution in [0.4, 0.5) is 0 Å². The van der Waals surface area contributed by atoms with Gasteiger partial charge in [-0.05, 0) is 64.6 Å². The molecule has 4 heteroatoms. The first-order valence-corrected chi connectivity index (χ1v) is 7.61. The van der Waals surface area contributed by atoms with Crippen molar-refractivity contribution in [3.8, 4) is 0 Å². The van der Waals surface area contributed by atoms with Crippen LogP contribution in [0.15, 0.2) is 11.4 Å². The molecule has 0 saturated carbocycles. The van der Waals surface area contributed by atoms with Gasteiger partial charge < -0.3 is 15.1 Å². The van der Waals surface area contributed by atoms with Gasteiger partial charge in [-0.25, -0.2) is 0 Å². The van der Waals surface area contributed by atoms with Gasteiger partial charge in [0.25, 0.3) is 0 Å². The van der Waals surface area contributed by atoms with Crippen molar-refractivity contribution in [2.75, 3.05) is 40.8 Å². The van der Waals surface area contributed by atoms with Crippen molar-refractivity contribution < 1.29 is 0 Å². The second kappa shape index (κ2) is 6.15. The molecule has 0 radical (unpaired) electrons. The highest BCUT2D eigenvalue weighted by Crippen LogP contribution is 2.26. The Labute approximate surface area is 115 Å². The van der Waals surface area contributed by atoms with E-state index in [4.69, 9.17) is 0 Å². The molecule has 1 aliphatic heterocycles. The Hall–Kier alpha value is -0.420. The predicted molar refractivity (Wildman–Crippen MR) is 79.4 cm³/mol. The van der Waals surface area contributed by atoms with E-state index in [-0.39, 0.29) is 0 Å². The zero-order valence-corrected chi connectivity index (χ0v) is 12.8. The summed E-state index contributed by atoms with van der Waals surface area (Å²) >= 11 is 1.85. The minimum atomic E-state index is 0.431. The number of rotatable bonds is 3. The van der Waals surface area contributed by atoms with Gasteiger partial charge in [-0.3, -0.25) is 0 Å². The lowest BCUT2D eigenvalue weighted by molar-refractivity contribution is 0.183. The van der Waals surface area contributed by atoms with E-state index in [0.717, 1.165) is 6.54 Å². The minimum absolute atomic E-state index is 0.431. The van der Waals surface area contributed by atoms with E-state index in [9.17, 15) is 0 Å². The molecule has 0 aliphatic carbocycles. The highest BCUT2D eigenvalue weighted by Gasteiger charge is 2.28. The van der Waals surface area contributed by atoms with Gasteiger partial charge in [-0.2, -0.15) is 0 Å². The van der Waals surface area contributed by atoms with Crippen molar-refractivity contribution in [3.05, 3.63) is 21.9 Å². The van der Waals surface area contributed by atoms with Gasteiger partial charge in [0.2, 0.25) is 0 Å². The van der Waals surface area contributed by atoms with Crippen LogP contribution >= 0.6 is 11.3 Å². The van der Waals surface area contributed by atoms with Crippen LogP contribution in [0.25, 0.3) is 0 Å². The van der Waals surface area contributed by atoms with Crippen LogP contribution in [-0.4, -0.2) is 56.6 Å². The average molecular weight is 267 g/mol. The first-order chi connectivity index (χ1) is 8.61. The van der Waals surface area contributed by atoms with Gasteiger partial charge in [0.15, 0.2) is 0 Å². The molecule has 0 aromatic carbocycles. The summed E-state index contributed by atoms with van der Waals surface area (Å²) in [6, 6.07) is 3.31. The molecule has 2 rings (SSSR count). The molecule has 1 aliphatic rings. The summed E-state index contributed by atoms with van der Waals surface area (Å²) in [5, 5.41) is 5.82. The lowest BCUT2D eigenvalue weighted by Gasteiger charge is -2.34. The molecule has 2 atom stereocenters. The van der Waals surface area contributed by atoms with Crippen molar-refractivity contribution in [1.29, 1.82) is 0 Å². The van der Waals surface area contributed by atoms with E-state index in [1.54, 1.807) is 0 Å². The maximum atomic E-state index is 3.52. The first-order valence-electron chi connectivity index (χ1n) is 6.73. The van der Waals surface area contributed by atoms with Crippen molar-refractivity contribution in [1.82, 2.24) is 15.1 Å². The molecular formula is C14H25N3S. The third-order valence-electron chi connectivity index (χ3n) is 3.92. The molecule has 1 aromatic heterocycles. The van der Waals surface area contributed by atoms with Crippen molar-refractivity contribution >= 4 is 11.3 Å². The van der Waals surface area contributed by atoms with E-state index in [1.807, 2.05) is 11.3 Å². The van der Waals surface area contributed by atoms with E-state index >= 15 is 0 Å². The lowest BCUT2D eigenvalue weighted by atomic mass is 10.0. The summed E-state index contributed by atoms with van der Waals surface area (Å²) in [5.74, 6) is 0. The maximum Gasteiger partial charge on any atom is 0.0496 e. The monoisotopic (exact) mass is 267 g/mol. The molecule has 1 saturated heterocycles. The number of hydrogen-bond acceptors (Lipinski definition) is 4. The first kappa shape index (κ1) is 14.0. The largest absolute Gasteiger partial charge is 0.312 e. The van der Waals surface area contributed by atoms with Gasteiger partial charge in [-0.15, -0.1) is 11.3 Å². The van der Waals surface area contributed by atoms with Gasteiger partial charge in [0.1, 0.15) is 0 Å². The van der Waals surface area contributed by atoms with Crippen LogP contribution < -0.4 is 5.32 Å². The number of aryl methyl sites for hydroxylation is 1. The Morgan fingerprint density at radius 3 is 2.78 bits per heavy atom. The molecule has 18 heavy (non-hydrogen) atoms. The van der Waals surface area contributed by atoms with Gasteiger partial charge in [0, 0.05) is 23.5 Å². The van der Waals surface area contributed by atoms with E-state index in [0.29, 0.717) is 12.1 Å². The fourth-order valence-corrected chi connectivity index (χ4v) is 3.61. The molecule has 0 spiro atoms. The third-order valence-corrected chi connectivity index (χ3v) is 4.80. The molecule has 3 nitrogen and oxygen atoms in total. The molecule has 2 unspecified atom stereocenters. The quantitative estimate of drug-likeness (QED) is 0.903. The van der Waals surface area contributed by atoms with Gasteiger partial charge in [0.05, 0.1) is 0 Å². The standard InChI is InChI=1S/C14H25N3S/c1-11-8-12(10-18-11)14(15-2)13-9-16(3)6-5-7-17(13)4/h8,10,13-15H,5-7,9H2,1-4H3. The van der Waals surface area contributed by atoms with E-state index in [2.05, 4.69) is 54.6 Å². The molecule has 1 fully saturated rings. The fraction of sp³-hybridized carbons (Fsp3) is 0.714. The van der Waals surface area contributed by atoms with E-state index in [1.165, 1.54) is 30.0 Å². The Bertz CT molecular complexity index is 377. The van der Waals surface area contributed by atoms with Crippen molar-refractivity contribution in [3.63, 3.8) is 0 Å². The summed E-state index contributed by atoms with van der Waals surface area (Å²) in [5.41, 5.74) is 1.44. The zero-order valence-electron chi connectivity index (χ0n) is 11.9. The van der Waals surface area contributed by atoms with Crippen LogP contribution in [0.5, 0.6) is 0 Å². The van der Waals surface area contributed by atoms with Crippen LogP contribution in [0.3, 0.4) is 0 Å². The molecule has 0 amide bonds. The summed E-state index contributed by atoms with van der Waals surface area (Å²) in [4.78, 5) is 6.37. The van der Waals surface area contributed by atoms with Crippen LogP contribution in [0.2, 0.25) is 0 Å². The topological polar surface area (TPSA) is 18.5 Å². The SMILES string of the molecule is CNC(c1csc(C)c1)C1CN(C)CCCN1C. The summed E-state index contributed by atoms with van der Waals surface area (Å²) < 4.78 is 0. The molecule has 1 aromatic rings. The normalized spacial score (nSPS) is 25.0. The van der Waals surface area contributed by atoms with Crippen LogP contribution in [-0.2, 0) is 0 Å². The molecule has 0 bridgehead atoms. The molecular weight excluding hydrogens is 242 g/mol. The maximum absolute atomic E-state index is 3.52. The zero-order chi connectivity index (χ0) is 13.1. The van der Waals surface area contributed by atoms with Gasteiger partial charge >= 0.3 is 0 Å². The van der Waals surface area contributed by atoms with Crippen LogP contribution in [0, 0.1) is 6.92 Å². The van der Waals surface area contributed by atoms with Crippen molar-refractivity contribution in [2.45, 2.75) is 25.4 Å². The Kier molecular flexibility index (Phi) is 4.78. The number of thiophene rings is 1. The summed E-state index contributed by atoms with van der Waals surface area (Å²) in [6.45, 7) is 5.72. The van der Waals surface area contributed by atoms with Crippen LogP contribution in [0.1, 0.15) is 22.9 Å². The predicted octanol–water partition coefficient (Wildman–Crippen LogP) is 1.95. The van der Waals surface area contributed by atoms with E-state index < -0.39 is 0 Å². The minimum Gasteiger partial charge on any atom is -0.312 e. The molecule has 1 N–H and O–H groups in total. The van der Waals surface area contributed by atoms with Crippen molar-refractivity contribution in [2.24, 2.45) is 0 Å². The number of hydrogen-bond donors (Lipinski definition) is 1. The fourth-order valence-electron chi connectivity index (χ4n) is 2.87. The molecule has 2 heterocycles. The second-order valence-corrected chi connectivity index (χ2v) is 6.54. The Balaban J connectivity index is 2.19. The Morgan fingerprint density at radius 2 is 2.17 bits per heavy atom. The lowest BCUT2D eigenvalue weighted by Crippen LogP contribution is -2.46. The highest BCUT2D eigenvalue weighted by atomic mass is 32.1. The summed E-state index contributed by atoms with van der Waals surface area (Å²) in [6.07, 6.45) is 1.27. The summed E-state index contributed by atoms with van der Waals surface area (Å²) in [7, 11) is 6.57. The van der Waals surface area contributed by atoms with Gasteiger partial charge in [-0.1, -0.05) is 0 Å². The molecule has 102 valence electrons. The smallest absolute Gasteiger partial charge is 0.0496 e. The third kappa shape index (κ3) is 3.12. The highest BCUT2D eigenvalue weighted by molar-refractivity contribution is 7.10. The number of likely N-dealkylation sites (N-methyl/N-ethyl adjacent to an activating group) is 3. The number of nitrogens with one attached hydrogen (secondary N) is 1.